The summed E-state index contributed by atoms with van der Waals surface area (Å²) < 4.78 is 0. The van der Waals surface area contributed by atoms with E-state index in [0.29, 0.717) is 16.4 Å². The van der Waals surface area contributed by atoms with Crippen molar-refractivity contribution in [2.75, 3.05) is 33.2 Å². The monoisotopic (exact) mass is 278 g/mol. The number of likely N-dealkylation sites (N-methyl/N-ethyl adjacent to an activating group) is 1. The minimum atomic E-state index is -0.0552. The number of carbonyl (C=O) groups is 1. The third-order valence-electron chi connectivity index (χ3n) is 3.46. The van der Waals surface area contributed by atoms with Crippen LogP contribution in [0.5, 0.6) is 0 Å². The Morgan fingerprint density at radius 3 is 2.74 bits per heavy atom. The first-order chi connectivity index (χ1) is 9.15. The molecule has 1 aromatic heterocycles. The fourth-order valence-electron chi connectivity index (χ4n) is 2.26. The van der Waals surface area contributed by atoms with E-state index in [2.05, 4.69) is 21.9 Å². The van der Waals surface area contributed by atoms with Crippen LogP contribution in [0.1, 0.15) is 10.6 Å². The zero-order chi connectivity index (χ0) is 13.4. The van der Waals surface area contributed by atoms with Crippen molar-refractivity contribution in [2.24, 2.45) is 0 Å². The summed E-state index contributed by atoms with van der Waals surface area (Å²) in [6, 6.07) is 5.48. The number of halogens is 1. The maximum absolute atomic E-state index is 12.4. The highest BCUT2D eigenvalue weighted by atomic mass is 35.5. The van der Waals surface area contributed by atoms with Crippen molar-refractivity contribution >= 4 is 28.5 Å². The number of aromatic nitrogens is 2. The van der Waals surface area contributed by atoms with Crippen molar-refractivity contribution in [3.8, 4) is 0 Å². The van der Waals surface area contributed by atoms with Gasteiger partial charge in [-0.05, 0) is 19.2 Å². The van der Waals surface area contributed by atoms with Gasteiger partial charge >= 0.3 is 0 Å². The van der Waals surface area contributed by atoms with Crippen LogP contribution < -0.4 is 0 Å². The Balaban J connectivity index is 1.87. The Hall–Kier alpha value is -1.59. The van der Waals surface area contributed by atoms with Crippen LogP contribution in [0, 0.1) is 0 Å². The van der Waals surface area contributed by atoms with E-state index in [0.717, 1.165) is 31.7 Å². The molecule has 1 N–H and O–H groups in total. The molecular formula is C13H15ClN4O. The fraction of sp³-hybridized carbons (Fsp3) is 0.385. The minimum absolute atomic E-state index is 0.0552. The third kappa shape index (κ3) is 2.31. The molecule has 1 fully saturated rings. The summed E-state index contributed by atoms with van der Waals surface area (Å²) >= 11 is 6.07. The standard InChI is InChI=1S/C13H15ClN4O/c1-17-5-7-18(8-6-17)13(19)12-15-10-4-2-3-9(14)11(10)16-12/h2-4H,5-8H2,1H3,(H,15,16). The molecule has 0 spiro atoms. The number of benzene rings is 1. The summed E-state index contributed by atoms with van der Waals surface area (Å²) in [6.07, 6.45) is 0. The third-order valence-corrected chi connectivity index (χ3v) is 3.76. The first-order valence-electron chi connectivity index (χ1n) is 6.27. The smallest absolute Gasteiger partial charge is 0.289 e. The zero-order valence-corrected chi connectivity index (χ0v) is 11.4. The van der Waals surface area contributed by atoms with Crippen LogP contribution in [0.15, 0.2) is 18.2 Å². The van der Waals surface area contributed by atoms with Gasteiger partial charge in [-0.3, -0.25) is 4.79 Å². The quantitative estimate of drug-likeness (QED) is 0.862. The van der Waals surface area contributed by atoms with Crippen molar-refractivity contribution < 1.29 is 4.79 Å². The molecule has 1 aliphatic rings. The number of imidazole rings is 1. The first-order valence-corrected chi connectivity index (χ1v) is 6.65. The summed E-state index contributed by atoms with van der Waals surface area (Å²) in [7, 11) is 2.06. The number of H-pyrrole nitrogens is 1. The van der Waals surface area contributed by atoms with Gasteiger partial charge in [0.25, 0.3) is 5.91 Å². The molecular weight excluding hydrogens is 264 g/mol. The number of nitrogens with one attached hydrogen (secondary N) is 1. The second kappa shape index (κ2) is 4.83. The van der Waals surface area contributed by atoms with Gasteiger partial charge in [0.15, 0.2) is 5.82 Å². The van der Waals surface area contributed by atoms with Crippen LogP contribution in [-0.4, -0.2) is 58.9 Å². The lowest BCUT2D eigenvalue weighted by Gasteiger charge is -2.31. The predicted molar refractivity (Wildman–Crippen MR) is 74.5 cm³/mol. The first kappa shape index (κ1) is 12.4. The van der Waals surface area contributed by atoms with E-state index in [4.69, 9.17) is 11.6 Å². The minimum Gasteiger partial charge on any atom is -0.334 e. The number of para-hydroxylation sites is 1. The Kier molecular flexibility index (Phi) is 3.16. The van der Waals surface area contributed by atoms with Gasteiger partial charge in [-0.15, -0.1) is 0 Å². The molecule has 0 atom stereocenters. The average molecular weight is 279 g/mol. The largest absolute Gasteiger partial charge is 0.334 e. The topological polar surface area (TPSA) is 52.2 Å². The lowest BCUT2D eigenvalue weighted by molar-refractivity contribution is 0.0653. The van der Waals surface area contributed by atoms with E-state index in [1.54, 1.807) is 6.07 Å². The van der Waals surface area contributed by atoms with Gasteiger partial charge in [0.1, 0.15) is 5.52 Å². The second-order valence-corrected chi connectivity index (χ2v) is 5.22. The summed E-state index contributed by atoms with van der Waals surface area (Å²) in [5, 5.41) is 0.561. The maximum Gasteiger partial charge on any atom is 0.289 e. The summed E-state index contributed by atoms with van der Waals surface area (Å²) in [5.41, 5.74) is 1.45. The Morgan fingerprint density at radius 2 is 2.05 bits per heavy atom. The summed E-state index contributed by atoms with van der Waals surface area (Å²) in [4.78, 5) is 23.7. The maximum atomic E-state index is 12.4. The Morgan fingerprint density at radius 1 is 1.32 bits per heavy atom. The zero-order valence-electron chi connectivity index (χ0n) is 10.7. The molecule has 3 rings (SSSR count). The highest BCUT2D eigenvalue weighted by molar-refractivity contribution is 6.35. The lowest BCUT2D eigenvalue weighted by atomic mass is 10.3. The number of aromatic amines is 1. The number of rotatable bonds is 1. The molecule has 19 heavy (non-hydrogen) atoms. The van der Waals surface area contributed by atoms with Gasteiger partial charge in [0, 0.05) is 26.2 Å². The number of nitrogens with zero attached hydrogens (tertiary/aromatic N) is 3. The second-order valence-electron chi connectivity index (χ2n) is 4.82. The molecule has 1 aliphatic heterocycles. The summed E-state index contributed by atoms with van der Waals surface area (Å²) in [5.74, 6) is 0.313. The number of carbonyl (C=O) groups excluding carboxylic acids is 1. The SMILES string of the molecule is CN1CCN(C(=O)c2nc3c(Cl)cccc3[nH]2)CC1. The van der Waals surface area contributed by atoms with Gasteiger partial charge in [0.2, 0.25) is 0 Å². The average Bonchev–Trinajstić information content (AvgIpc) is 2.84. The van der Waals surface area contributed by atoms with Gasteiger partial charge in [-0.2, -0.15) is 0 Å². The highest BCUT2D eigenvalue weighted by Gasteiger charge is 2.23. The van der Waals surface area contributed by atoms with Crippen LogP contribution in [-0.2, 0) is 0 Å². The molecule has 2 heterocycles. The number of fused-ring (bicyclic) bond motifs is 1. The highest BCUT2D eigenvalue weighted by Crippen LogP contribution is 2.21. The molecule has 1 amide bonds. The van der Waals surface area contributed by atoms with Crippen LogP contribution in [0.2, 0.25) is 5.02 Å². The predicted octanol–water partition coefficient (Wildman–Crippen LogP) is 1.60. The van der Waals surface area contributed by atoms with E-state index >= 15 is 0 Å². The van der Waals surface area contributed by atoms with Gasteiger partial charge in [-0.1, -0.05) is 17.7 Å². The molecule has 0 radical (unpaired) electrons. The molecule has 6 heteroatoms. The van der Waals surface area contributed by atoms with E-state index in [1.165, 1.54) is 0 Å². The molecule has 2 aromatic rings. The molecule has 5 nitrogen and oxygen atoms in total. The van der Waals surface area contributed by atoms with E-state index < -0.39 is 0 Å². The fourth-order valence-corrected chi connectivity index (χ4v) is 2.47. The molecule has 0 saturated carbocycles. The molecule has 1 saturated heterocycles. The van der Waals surface area contributed by atoms with Crippen molar-refractivity contribution in [3.05, 3.63) is 29.0 Å². The molecule has 100 valence electrons. The summed E-state index contributed by atoms with van der Waals surface area (Å²) in [6.45, 7) is 3.26. The number of amides is 1. The Bertz CT molecular complexity index is 616. The molecule has 1 aromatic carbocycles. The molecule has 0 aliphatic carbocycles. The van der Waals surface area contributed by atoms with Crippen LogP contribution in [0.3, 0.4) is 0 Å². The van der Waals surface area contributed by atoms with E-state index in [-0.39, 0.29) is 5.91 Å². The lowest BCUT2D eigenvalue weighted by Crippen LogP contribution is -2.47. The molecule has 0 bridgehead atoms. The number of piperazine rings is 1. The normalized spacial score (nSPS) is 17.1. The number of hydrogen-bond donors (Lipinski definition) is 1. The van der Waals surface area contributed by atoms with Gasteiger partial charge in [0.05, 0.1) is 10.5 Å². The van der Waals surface area contributed by atoms with Crippen molar-refractivity contribution in [3.63, 3.8) is 0 Å². The molecule has 0 unspecified atom stereocenters. The van der Waals surface area contributed by atoms with Crippen LogP contribution in [0.4, 0.5) is 0 Å². The van der Waals surface area contributed by atoms with E-state index in [1.807, 2.05) is 17.0 Å². The van der Waals surface area contributed by atoms with Crippen LogP contribution in [0.25, 0.3) is 11.0 Å². The van der Waals surface area contributed by atoms with Crippen molar-refractivity contribution in [1.82, 2.24) is 19.8 Å². The van der Waals surface area contributed by atoms with Crippen molar-refractivity contribution in [1.29, 1.82) is 0 Å². The van der Waals surface area contributed by atoms with Gasteiger partial charge in [-0.25, -0.2) is 4.98 Å². The van der Waals surface area contributed by atoms with E-state index in [9.17, 15) is 4.79 Å². The van der Waals surface area contributed by atoms with Crippen molar-refractivity contribution in [2.45, 2.75) is 0 Å². The van der Waals surface area contributed by atoms with Gasteiger partial charge < -0.3 is 14.8 Å². The Labute approximate surface area is 116 Å². The number of hydrogen-bond acceptors (Lipinski definition) is 3. The van der Waals surface area contributed by atoms with Crippen LogP contribution >= 0.6 is 11.6 Å².